The van der Waals surface area contributed by atoms with E-state index in [1.807, 2.05) is 36.4 Å². The van der Waals surface area contributed by atoms with Crippen molar-refractivity contribution in [2.75, 3.05) is 4.90 Å². The number of rotatable bonds is 8. The van der Waals surface area contributed by atoms with Crippen LogP contribution in [0.25, 0.3) is 72.8 Å². The van der Waals surface area contributed by atoms with Crippen LogP contribution < -0.4 is 4.90 Å². The molecule has 0 saturated carbocycles. The minimum Gasteiger partial charge on any atom is -0.310 e. The van der Waals surface area contributed by atoms with Crippen LogP contribution in [0.1, 0.15) is 5.56 Å². The highest BCUT2D eigenvalue weighted by atomic mass is 15.2. The zero-order chi connectivity index (χ0) is 38.1. The summed E-state index contributed by atoms with van der Waals surface area (Å²) in [6, 6.07) is 72.2. The van der Waals surface area contributed by atoms with Gasteiger partial charge in [-0.1, -0.05) is 164 Å². The first-order valence-electron chi connectivity index (χ1n) is 19.2. The van der Waals surface area contributed by atoms with Crippen molar-refractivity contribution in [3.05, 3.63) is 212 Å². The minimum absolute atomic E-state index is 0.550. The van der Waals surface area contributed by atoms with Crippen molar-refractivity contribution < 1.29 is 0 Å². The highest BCUT2D eigenvalue weighted by Gasteiger charge is 2.24. The van der Waals surface area contributed by atoms with Crippen molar-refractivity contribution in [2.24, 2.45) is 0 Å². The lowest BCUT2D eigenvalue weighted by Crippen LogP contribution is -2.12. The van der Waals surface area contributed by atoms with E-state index in [-0.39, 0.29) is 0 Å². The summed E-state index contributed by atoms with van der Waals surface area (Å²) in [4.78, 5) is 18.0. The van der Waals surface area contributed by atoms with E-state index in [4.69, 9.17) is 15.0 Å². The van der Waals surface area contributed by atoms with E-state index in [1.54, 1.807) is 0 Å². The SMILES string of the molecule is Cc1ccccc1-c1cc2c3ccc(-c4ccccc4)cc3n(-c3nc(-c4ccccc4)nc(-c4ccccc4)n3)c2cc1N(c1ccccc1)c1ccccc1. The lowest BCUT2D eigenvalue weighted by Gasteiger charge is -2.28. The van der Waals surface area contributed by atoms with Crippen LogP contribution in [0, 0.1) is 6.92 Å². The first-order valence-corrected chi connectivity index (χ1v) is 19.2. The van der Waals surface area contributed by atoms with Gasteiger partial charge in [0, 0.05) is 38.8 Å². The smallest absolute Gasteiger partial charge is 0.238 e. The minimum atomic E-state index is 0.550. The highest BCUT2D eigenvalue weighted by Crippen LogP contribution is 2.46. The second-order valence-electron chi connectivity index (χ2n) is 14.2. The summed E-state index contributed by atoms with van der Waals surface area (Å²) in [5.74, 6) is 1.77. The molecule has 0 unspecified atom stereocenters. The molecule has 0 aliphatic carbocycles. The van der Waals surface area contributed by atoms with Gasteiger partial charge in [-0.15, -0.1) is 0 Å². The predicted octanol–water partition coefficient (Wildman–Crippen LogP) is 13.4. The van der Waals surface area contributed by atoms with Crippen molar-refractivity contribution in [1.82, 2.24) is 19.5 Å². The van der Waals surface area contributed by atoms with Gasteiger partial charge >= 0.3 is 0 Å². The Kier molecular flexibility index (Phi) is 8.65. The first kappa shape index (κ1) is 33.9. The number of nitrogens with zero attached hydrogens (tertiary/aromatic N) is 5. The van der Waals surface area contributed by atoms with Crippen molar-refractivity contribution in [3.63, 3.8) is 0 Å². The van der Waals surface area contributed by atoms with Crippen LogP contribution in [-0.2, 0) is 0 Å². The number of para-hydroxylation sites is 2. The molecule has 10 rings (SSSR count). The maximum atomic E-state index is 5.29. The van der Waals surface area contributed by atoms with Gasteiger partial charge in [0.1, 0.15) is 0 Å². The molecule has 0 atom stereocenters. The van der Waals surface area contributed by atoms with Crippen LogP contribution >= 0.6 is 0 Å². The average molecular weight is 732 g/mol. The lowest BCUT2D eigenvalue weighted by molar-refractivity contribution is 0.953. The van der Waals surface area contributed by atoms with Gasteiger partial charge in [-0.3, -0.25) is 4.57 Å². The second kappa shape index (κ2) is 14.5. The predicted molar refractivity (Wildman–Crippen MR) is 235 cm³/mol. The first-order chi connectivity index (χ1) is 28.2. The second-order valence-corrected chi connectivity index (χ2v) is 14.2. The zero-order valence-corrected chi connectivity index (χ0v) is 31.4. The number of aryl methyl sites for hydroxylation is 1. The Labute approximate surface area is 331 Å². The molecule has 270 valence electrons. The van der Waals surface area contributed by atoms with Gasteiger partial charge in [0.05, 0.1) is 16.7 Å². The molecule has 0 aliphatic heterocycles. The summed E-state index contributed by atoms with van der Waals surface area (Å²) >= 11 is 0. The van der Waals surface area contributed by atoms with Crippen LogP contribution in [-0.4, -0.2) is 19.5 Å². The summed E-state index contributed by atoms with van der Waals surface area (Å²) in [5.41, 5.74) is 12.8. The number of hydrogen-bond acceptors (Lipinski definition) is 4. The maximum Gasteiger partial charge on any atom is 0.238 e. The molecule has 0 radical (unpaired) electrons. The van der Waals surface area contributed by atoms with Crippen LogP contribution in [0.3, 0.4) is 0 Å². The molecule has 0 bridgehead atoms. The van der Waals surface area contributed by atoms with Crippen molar-refractivity contribution >= 4 is 38.9 Å². The molecule has 0 amide bonds. The van der Waals surface area contributed by atoms with Crippen molar-refractivity contribution in [3.8, 4) is 51.0 Å². The van der Waals surface area contributed by atoms with Gasteiger partial charge < -0.3 is 4.90 Å². The number of fused-ring (bicyclic) bond motifs is 3. The van der Waals surface area contributed by atoms with Crippen LogP contribution in [0.4, 0.5) is 17.1 Å². The highest BCUT2D eigenvalue weighted by molar-refractivity contribution is 6.13. The van der Waals surface area contributed by atoms with E-state index in [0.29, 0.717) is 17.6 Å². The third-order valence-electron chi connectivity index (χ3n) is 10.6. The lowest BCUT2D eigenvalue weighted by atomic mass is 9.95. The molecule has 57 heavy (non-hydrogen) atoms. The molecule has 0 spiro atoms. The molecule has 5 heteroatoms. The summed E-state index contributed by atoms with van der Waals surface area (Å²) < 4.78 is 2.23. The van der Waals surface area contributed by atoms with Crippen LogP contribution in [0.5, 0.6) is 0 Å². The Balaban J connectivity index is 1.35. The summed E-state index contributed by atoms with van der Waals surface area (Å²) in [7, 11) is 0. The third kappa shape index (κ3) is 6.31. The van der Waals surface area contributed by atoms with Crippen LogP contribution in [0.2, 0.25) is 0 Å². The average Bonchev–Trinajstić information content (AvgIpc) is 3.60. The standard InChI is InChI=1S/C52H37N5/c1-36-19-17-18-30-43(36)45-34-46-44-32-31-40(37-20-7-2-8-21-37)33-47(44)57(49(46)35-48(45)56(41-26-13-5-14-27-41)42-28-15-6-16-29-42)52-54-50(38-22-9-3-10-23-38)53-51(55-52)39-24-11-4-12-25-39/h2-35H,1H3. The molecule has 0 fully saturated rings. The molecule has 0 N–H and O–H groups in total. The largest absolute Gasteiger partial charge is 0.310 e. The Morgan fingerprint density at radius 1 is 0.386 bits per heavy atom. The van der Waals surface area contributed by atoms with Gasteiger partial charge in [-0.05, 0) is 71.6 Å². The molecule has 10 aromatic rings. The maximum absolute atomic E-state index is 5.29. The van der Waals surface area contributed by atoms with E-state index in [1.165, 1.54) is 11.1 Å². The fourth-order valence-corrected chi connectivity index (χ4v) is 7.83. The van der Waals surface area contributed by atoms with E-state index >= 15 is 0 Å². The molecule has 0 aliphatic rings. The molecule has 8 aromatic carbocycles. The molecular formula is C52H37N5. The monoisotopic (exact) mass is 731 g/mol. The van der Waals surface area contributed by atoms with Crippen molar-refractivity contribution in [1.29, 1.82) is 0 Å². The Morgan fingerprint density at radius 3 is 1.44 bits per heavy atom. The molecule has 2 heterocycles. The summed E-state index contributed by atoms with van der Waals surface area (Å²) in [5, 5.41) is 2.22. The number of hydrogen-bond donors (Lipinski definition) is 0. The quantitative estimate of drug-likeness (QED) is 0.156. The number of aromatic nitrogens is 4. The molecular weight excluding hydrogens is 695 g/mol. The molecule has 5 nitrogen and oxygen atoms in total. The number of anilines is 3. The van der Waals surface area contributed by atoms with Gasteiger partial charge in [0.15, 0.2) is 11.6 Å². The summed E-state index contributed by atoms with van der Waals surface area (Å²) in [6.07, 6.45) is 0. The fraction of sp³-hybridized carbons (Fsp3) is 0.0192. The van der Waals surface area contributed by atoms with Crippen molar-refractivity contribution in [2.45, 2.75) is 6.92 Å². The third-order valence-corrected chi connectivity index (χ3v) is 10.6. The molecule has 2 aromatic heterocycles. The van der Waals surface area contributed by atoms with Gasteiger partial charge in [0.25, 0.3) is 0 Å². The molecule has 0 saturated heterocycles. The Bertz CT molecular complexity index is 2900. The van der Waals surface area contributed by atoms with E-state index < -0.39 is 0 Å². The van der Waals surface area contributed by atoms with Gasteiger partial charge in [0.2, 0.25) is 5.95 Å². The normalized spacial score (nSPS) is 11.2. The fourth-order valence-electron chi connectivity index (χ4n) is 7.83. The number of benzene rings is 8. The Morgan fingerprint density at radius 2 is 0.877 bits per heavy atom. The van der Waals surface area contributed by atoms with E-state index in [0.717, 1.165) is 66.7 Å². The van der Waals surface area contributed by atoms with E-state index in [9.17, 15) is 0 Å². The van der Waals surface area contributed by atoms with E-state index in [2.05, 4.69) is 186 Å². The van der Waals surface area contributed by atoms with Gasteiger partial charge in [-0.25, -0.2) is 4.98 Å². The Hall–Kier alpha value is -7.63. The van der Waals surface area contributed by atoms with Crippen LogP contribution in [0.15, 0.2) is 206 Å². The summed E-state index contributed by atoms with van der Waals surface area (Å²) in [6.45, 7) is 2.19. The van der Waals surface area contributed by atoms with Gasteiger partial charge in [-0.2, -0.15) is 9.97 Å². The topological polar surface area (TPSA) is 46.8 Å². The zero-order valence-electron chi connectivity index (χ0n) is 31.4.